The van der Waals surface area contributed by atoms with E-state index in [1.807, 2.05) is 37.2 Å². The van der Waals surface area contributed by atoms with Crippen LogP contribution in [0.2, 0.25) is 0 Å². The molecule has 19 heavy (non-hydrogen) atoms. The quantitative estimate of drug-likeness (QED) is 0.815. The molecule has 0 radical (unpaired) electrons. The third-order valence-electron chi connectivity index (χ3n) is 2.86. The van der Waals surface area contributed by atoms with Crippen LogP contribution in [-0.4, -0.2) is 31.1 Å². The first kappa shape index (κ1) is 14.8. The van der Waals surface area contributed by atoms with E-state index < -0.39 is 11.9 Å². The lowest BCUT2D eigenvalue weighted by Gasteiger charge is -2.18. The molecule has 0 aliphatic carbocycles. The van der Waals surface area contributed by atoms with Crippen molar-refractivity contribution in [2.45, 2.75) is 13.8 Å². The van der Waals surface area contributed by atoms with Gasteiger partial charge in [-0.3, -0.25) is 4.79 Å². The lowest BCUT2D eigenvalue weighted by Crippen LogP contribution is -2.19. The second-order valence-electron chi connectivity index (χ2n) is 4.42. The predicted molar refractivity (Wildman–Crippen MR) is 75.4 cm³/mol. The highest BCUT2D eigenvalue weighted by molar-refractivity contribution is 6.09. The fourth-order valence-electron chi connectivity index (χ4n) is 1.52. The molecule has 0 heterocycles. The lowest BCUT2D eigenvalue weighted by atomic mass is 10.1. The number of nitrogens with one attached hydrogen (secondary N) is 1. The van der Waals surface area contributed by atoms with E-state index in [1.54, 1.807) is 6.07 Å². The number of anilines is 2. The highest BCUT2D eigenvalue weighted by Crippen LogP contribution is 2.24. The summed E-state index contributed by atoms with van der Waals surface area (Å²) in [5, 5.41) is 11.6. The van der Waals surface area contributed by atoms with Gasteiger partial charge >= 0.3 is 5.97 Å². The summed E-state index contributed by atoms with van der Waals surface area (Å²) >= 11 is 0. The zero-order valence-corrected chi connectivity index (χ0v) is 11.5. The van der Waals surface area contributed by atoms with Gasteiger partial charge in [0.1, 0.15) is 0 Å². The van der Waals surface area contributed by atoms with Crippen LogP contribution in [0.4, 0.5) is 11.4 Å². The molecule has 0 bridgehead atoms. The number of hydrogen-bond donors (Lipinski definition) is 2. The molecule has 2 N–H and O–H groups in total. The second kappa shape index (κ2) is 6.04. The van der Waals surface area contributed by atoms with Crippen molar-refractivity contribution in [2.75, 3.05) is 24.3 Å². The largest absolute Gasteiger partial charge is 0.478 e. The molecule has 1 aromatic carbocycles. The maximum Gasteiger partial charge on any atom is 0.331 e. The van der Waals surface area contributed by atoms with Crippen LogP contribution in [0.25, 0.3) is 0 Å². The fraction of sp³-hybridized carbons (Fsp3) is 0.286. The molecule has 0 saturated heterocycles. The molecule has 1 aromatic rings. The van der Waals surface area contributed by atoms with E-state index in [1.165, 1.54) is 13.8 Å². The van der Waals surface area contributed by atoms with Crippen molar-refractivity contribution < 1.29 is 14.7 Å². The maximum absolute atomic E-state index is 12.0. The van der Waals surface area contributed by atoms with Gasteiger partial charge in [-0.1, -0.05) is 12.1 Å². The van der Waals surface area contributed by atoms with E-state index in [0.29, 0.717) is 5.69 Å². The summed E-state index contributed by atoms with van der Waals surface area (Å²) in [6.45, 7) is 2.91. The smallest absolute Gasteiger partial charge is 0.331 e. The van der Waals surface area contributed by atoms with Crippen LogP contribution in [0, 0.1) is 0 Å². The molecule has 0 aromatic heterocycles. The van der Waals surface area contributed by atoms with Gasteiger partial charge < -0.3 is 15.3 Å². The summed E-state index contributed by atoms with van der Waals surface area (Å²) in [7, 11) is 3.74. The van der Waals surface area contributed by atoms with E-state index in [4.69, 9.17) is 5.11 Å². The van der Waals surface area contributed by atoms with Crippen LogP contribution < -0.4 is 10.2 Å². The van der Waals surface area contributed by atoms with E-state index >= 15 is 0 Å². The first-order chi connectivity index (χ1) is 8.84. The summed E-state index contributed by atoms with van der Waals surface area (Å²) in [6, 6.07) is 7.33. The zero-order valence-electron chi connectivity index (χ0n) is 11.5. The van der Waals surface area contributed by atoms with Crippen LogP contribution in [0.3, 0.4) is 0 Å². The Balaban J connectivity index is 3.01. The Morgan fingerprint density at radius 3 is 2.21 bits per heavy atom. The Bertz CT molecular complexity index is 533. The SMILES string of the molecule is CC(C(=O)O)=C(C)C(=O)Nc1ccccc1N(C)C. The lowest BCUT2D eigenvalue weighted by molar-refractivity contribution is -0.133. The summed E-state index contributed by atoms with van der Waals surface area (Å²) < 4.78 is 0. The van der Waals surface area contributed by atoms with Gasteiger partial charge in [0.2, 0.25) is 0 Å². The molecule has 0 spiro atoms. The molecule has 0 saturated carbocycles. The van der Waals surface area contributed by atoms with Crippen molar-refractivity contribution in [3.8, 4) is 0 Å². The Morgan fingerprint density at radius 1 is 1.11 bits per heavy atom. The standard InChI is InChI=1S/C14H18N2O3/c1-9(10(2)14(18)19)13(17)15-11-7-5-6-8-12(11)16(3)4/h5-8H,1-4H3,(H,15,17)(H,18,19). The normalized spacial score (nSPS) is 11.6. The van der Waals surface area contributed by atoms with Crippen LogP contribution in [0.1, 0.15) is 13.8 Å². The summed E-state index contributed by atoms with van der Waals surface area (Å²) in [4.78, 5) is 24.7. The van der Waals surface area contributed by atoms with Gasteiger partial charge in [-0.25, -0.2) is 4.79 Å². The van der Waals surface area contributed by atoms with Gasteiger partial charge in [-0.05, 0) is 26.0 Å². The number of carbonyl (C=O) groups is 2. The second-order valence-corrected chi connectivity index (χ2v) is 4.42. The fourth-order valence-corrected chi connectivity index (χ4v) is 1.52. The average molecular weight is 262 g/mol. The molecule has 0 atom stereocenters. The molecule has 1 rings (SSSR count). The Kier molecular flexibility index (Phi) is 4.69. The minimum atomic E-state index is -1.09. The number of amides is 1. The van der Waals surface area contributed by atoms with Crippen molar-refractivity contribution in [1.82, 2.24) is 0 Å². The molecule has 0 aliphatic heterocycles. The van der Waals surface area contributed by atoms with Gasteiger partial charge in [-0.2, -0.15) is 0 Å². The van der Waals surface area contributed by atoms with Crippen LogP contribution >= 0.6 is 0 Å². The topological polar surface area (TPSA) is 69.6 Å². The minimum absolute atomic E-state index is 0.0415. The number of hydrogen-bond acceptors (Lipinski definition) is 3. The van der Waals surface area contributed by atoms with Gasteiger partial charge in [0.05, 0.1) is 11.4 Å². The van der Waals surface area contributed by atoms with Crippen LogP contribution in [-0.2, 0) is 9.59 Å². The first-order valence-electron chi connectivity index (χ1n) is 5.83. The number of carbonyl (C=O) groups excluding carboxylic acids is 1. The molecule has 0 fully saturated rings. The first-order valence-corrected chi connectivity index (χ1v) is 5.83. The van der Waals surface area contributed by atoms with Crippen molar-refractivity contribution in [1.29, 1.82) is 0 Å². The summed E-state index contributed by atoms with van der Waals surface area (Å²) in [5.41, 5.74) is 1.74. The Labute approximate surface area is 112 Å². The number of rotatable bonds is 4. The Hall–Kier alpha value is -2.30. The molecule has 0 unspecified atom stereocenters. The molecular weight excluding hydrogens is 244 g/mol. The van der Waals surface area contributed by atoms with Gasteiger partial charge in [-0.15, -0.1) is 0 Å². The number of carboxylic acid groups (broad SMARTS) is 1. The highest BCUT2D eigenvalue weighted by Gasteiger charge is 2.14. The van der Waals surface area contributed by atoms with Gasteiger partial charge in [0.15, 0.2) is 0 Å². The number of carboxylic acids is 1. The van der Waals surface area contributed by atoms with E-state index in [-0.39, 0.29) is 11.1 Å². The monoisotopic (exact) mass is 262 g/mol. The summed E-state index contributed by atoms with van der Waals surface area (Å²) in [5.74, 6) is -1.50. The molecule has 5 heteroatoms. The predicted octanol–water partition coefficient (Wildman–Crippen LogP) is 2.11. The molecule has 102 valence electrons. The third kappa shape index (κ3) is 3.58. The number of aliphatic carboxylic acids is 1. The van der Waals surface area contributed by atoms with Crippen molar-refractivity contribution in [3.63, 3.8) is 0 Å². The molecule has 1 amide bonds. The van der Waals surface area contributed by atoms with E-state index in [0.717, 1.165) is 5.69 Å². The average Bonchev–Trinajstić information content (AvgIpc) is 2.37. The number of para-hydroxylation sites is 2. The number of benzene rings is 1. The highest BCUT2D eigenvalue weighted by atomic mass is 16.4. The van der Waals surface area contributed by atoms with Crippen molar-refractivity contribution in [3.05, 3.63) is 35.4 Å². The van der Waals surface area contributed by atoms with Crippen molar-refractivity contribution in [2.24, 2.45) is 0 Å². The van der Waals surface area contributed by atoms with Crippen LogP contribution in [0.15, 0.2) is 35.4 Å². The number of nitrogens with zero attached hydrogens (tertiary/aromatic N) is 1. The van der Waals surface area contributed by atoms with Crippen LogP contribution in [0.5, 0.6) is 0 Å². The molecule has 0 aliphatic rings. The van der Waals surface area contributed by atoms with Gasteiger partial charge in [0, 0.05) is 25.2 Å². The molecule has 5 nitrogen and oxygen atoms in total. The van der Waals surface area contributed by atoms with Crippen molar-refractivity contribution >= 4 is 23.3 Å². The minimum Gasteiger partial charge on any atom is -0.478 e. The zero-order chi connectivity index (χ0) is 14.6. The summed E-state index contributed by atoms with van der Waals surface area (Å²) in [6.07, 6.45) is 0. The maximum atomic E-state index is 12.0. The Morgan fingerprint density at radius 2 is 1.68 bits per heavy atom. The molecular formula is C14H18N2O3. The van der Waals surface area contributed by atoms with Gasteiger partial charge in [0.25, 0.3) is 5.91 Å². The van der Waals surface area contributed by atoms with E-state index in [9.17, 15) is 9.59 Å². The van der Waals surface area contributed by atoms with E-state index in [2.05, 4.69) is 5.32 Å². The third-order valence-corrected chi connectivity index (χ3v) is 2.86.